The third-order valence-electron chi connectivity index (χ3n) is 3.79. The van der Waals surface area contributed by atoms with Gasteiger partial charge in [0, 0.05) is 32.1 Å². The maximum atomic E-state index is 13.2. The molecule has 0 atom stereocenters. The number of amides is 1. The van der Waals surface area contributed by atoms with E-state index in [0.29, 0.717) is 0 Å². The first-order chi connectivity index (χ1) is 12.8. The molecule has 2 heterocycles. The maximum Gasteiger partial charge on any atom is 0.435 e. The molecule has 0 bridgehead atoms. The minimum atomic E-state index is -4.69. The van der Waals surface area contributed by atoms with Crippen molar-refractivity contribution >= 4 is 17.5 Å². The second-order valence-electron chi connectivity index (χ2n) is 5.80. The fourth-order valence-corrected chi connectivity index (χ4v) is 2.73. The molecule has 3 rings (SSSR count). The number of hydrogen-bond acceptors (Lipinski definition) is 3. The van der Waals surface area contributed by atoms with E-state index in [0.717, 1.165) is 16.3 Å². The van der Waals surface area contributed by atoms with Crippen molar-refractivity contribution in [2.75, 3.05) is 7.05 Å². The monoisotopic (exact) mass is 394 g/mol. The Morgan fingerprint density at radius 3 is 2.59 bits per heavy atom. The van der Waals surface area contributed by atoms with Crippen LogP contribution in [0.15, 0.2) is 54.9 Å². The third-order valence-corrected chi connectivity index (χ3v) is 4.11. The lowest BCUT2D eigenvalue weighted by atomic mass is 10.2. The van der Waals surface area contributed by atoms with E-state index in [4.69, 9.17) is 11.6 Å². The van der Waals surface area contributed by atoms with Gasteiger partial charge in [0.05, 0.1) is 10.7 Å². The van der Waals surface area contributed by atoms with Crippen molar-refractivity contribution in [3.8, 4) is 5.69 Å². The van der Waals surface area contributed by atoms with Crippen LogP contribution in [0.4, 0.5) is 13.2 Å². The molecule has 2 aromatic heterocycles. The number of rotatable bonds is 4. The van der Waals surface area contributed by atoms with Gasteiger partial charge in [0.15, 0.2) is 5.69 Å². The molecule has 0 aliphatic carbocycles. The molecule has 1 aromatic carbocycles. The highest BCUT2D eigenvalue weighted by Crippen LogP contribution is 2.31. The Balaban J connectivity index is 2.01. The molecule has 3 aromatic rings. The molecule has 5 nitrogen and oxygen atoms in total. The van der Waals surface area contributed by atoms with Crippen LogP contribution in [-0.4, -0.2) is 32.6 Å². The molecule has 140 valence electrons. The van der Waals surface area contributed by atoms with Gasteiger partial charge in [-0.25, -0.2) is 4.68 Å². The van der Waals surface area contributed by atoms with E-state index in [1.807, 2.05) is 0 Å². The van der Waals surface area contributed by atoms with Gasteiger partial charge in [-0.1, -0.05) is 29.8 Å². The number of aromatic nitrogens is 3. The molecular formula is C18H14ClF3N4O. The van der Waals surface area contributed by atoms with Crippen molar-refractivity contribution in [3.05, 3.63) is 76.8 Å². The van der Waals surface area contributed by atoms with Crippen molar-refractivity contribution in [1.29, 1.82) is 0 Å². The number of para-hydroxylation sites is 1. The number of hydrogen-bond donors (Lipinski definition) is 0. The predicted octanol–water partition coefficient (Wildman–Crippen LogP) is 4.21. The predicted molar refractivity (Wildman–Crippen MR) is 93.6 cm³/mol. The Morgan fingerprint density at radius 2 is 1.96 bits per heavy atom. The van der Waals surface area contributed by atoms with Gasteiger partial charge in [-0.15, -0.1) is 0 Å². The standard InChI is InChI=1S/C18H14ClF3N4O/c1-25(11-12-5-4-8-23-10-12)17(27)15-9-16(18(20,21)22)24-26(15)14-7-3-2-6-13(14)19/h2-10H,11H2,1H3. The summed E-state index contributed by atoms with van der Waals surface area (Å²) >= 11 is 6.09. The third kappa shape index (κ3) is 4.11. The summed E-state index contributed by atoms with van der Waals surface area (Å²) in [5.41, 5.74) is -0.469. The molecule has 1 amide bonds. The molecule has 0 fully saturated rings. The minimum absolute atomic E-state index is 0.179. The molecule has 27 heavy (non-hydrogen) atoms. The van der Waals surface area contributed by atoms with E-state index >= 15 is 0 Å². The van der Waals surface area contributed by atoms with Crippen LogP contribution in [0.3, 0.4) is 0 Å². The highest BCUT2D eigenvalue weighted by atomic mass is 35.5. The van der Waals surface area contributed by atoms with E-state index in [1.165, 1.54) is 24.1 Å². The molecule has 0 saturated heterocycles. The summed E-state index contributed by atoms with van der Waals surface area (Å²) in [4.78, 5) is 18.1. The Kier molecular flexibility index (Phi) is 5.18. The zero-order valence-corrected chi connectivity index (χ0v) is 14.9. The number of nitrogens with zero attached hydrogens (tertiary/aromatic N) is 4. The first-order valence-corrected chi connectivity index (χ1v) is 8.21. The number of halogens is 4. The van der Waals surface area contributed by atoms with Gasteiger partial charge >= 0.3 is 6.18 Å². The average Bonchev–Trinajstić information content (AvgIpc) is 3.07. The molecular weight excluding hydrogens is 381 g/mol. The number of carbonyl (C=O) groups excluding carboxylic acids is 1. The van der Waals surface area contributed by atoms with Crippen LogP contribution in [0.2, 0.25) is 5.02 Å². The second-order valence-corrected chi connectivity index (χ2v) is 6.21. The second kappa shape index (κ2) is 7.40. The highest BCUT2D eigenvalue weighted by Gasteiger charge is 2.36. The van der Waals surface area contributed by atoms with Crippen LogP contribution in [0, 0.1) is 0 Å². The SMILES string of the molecule is CN(Cc1cccnc1)C(=O)c1cc(C(F)(F)F)nn1-c1ccccc1Cl. The molecule has 0 aliphatic rings. The Bertz CT molecular complexity index is 957. The Morgan fingerprint density at radius 1 is 1.22 bits per heavy atom. The zero-order valence-electron chi connectivity index (χ0n) is 14.1. The number of pyridine rings is 1. The van der Waals surface area contributed by atoms with Crippen molar-refractivity contribution < 1.29 is 18.0 Å². The largest absolute Gasteiger partial charge is 0.435 e. The van der Waals surface area contributed by atoms with Crippen LogP contribution in [0.25, 0.3) is 5.69 Å². The van der Waals surface area contributed by atoms with E-state index in [1.54, 1.807) is 36.7 Å². The molecule has 0 N–H and O–H groups in total. The topological polar surface area (TPSA) is 51.0 Å². The Hall–Kier alpha value is -2.87. The zero-order chi connectivity index (χ0) is 19.6. The molecule has 0 unspecified atom stereocenters. The maximum absolute atomic E-state index is 13.2. The first-order valence-electron chi connectivity index (χ1n) is 7.84. The van der Waals surface area contributed by atoms with Crippen LogP contribution in [0.1, 0.15) is 21.7 Å². The normalized spacial score (nSPS) is 11.4. The smallest absolute Gasteiger partial charge is 0.336 e. The van der Waals surface area contributed by atoms with Gasteiger partial charge in [-0.05, 0) is 23.8 Å². The molecule has 9 heteroatoms. The summed E-state index contributed by atoms with van der Waals surface area (Å²) < 4.78 is 40.4. The first kappa shape index (κ1) is 18.9. The van der Waals surface area contributed by atoms with E-state index in [9.17, 15) is 18.0 Å². The van der Waals surface area contributed by atoms with Crippen molar-refractivity contribution in [1.82, 2.24) is 19.7 Å². The summed E-state index contributed by atoms with van der Waals surface area (Å²) in [6.45, 7) is 0.182. The summed E-state index contributed by atoms with van der Waals surface area (Å²) in [6.07, 6.45) is -1.52. The summed E-state index contributed by atoms with van der Waals surface area (Å²) in [7, 11) is 1.49. The number of alkyl halides is 3. The van der Waals surface area contributed by atoms with Crippen molar-refractivity contribution in [2.45, 2.75) is 12.7 Å². The molecule has 0 radical (unpaired) electrons. The molecule has 0 spiro atoms. The van der Waals surface area contributed by atoms with Crippen LogP contribution >= 0.6 is 11.6 Å². The van der Waals surface area contributed by atoms with Gasteiger partial charge in [0.1, 0.15) is 5.69 Å². The lowest BCUT2D eigenvalue weighted by molar-refractivity contribution is -0.141. The van der Waals surface area contributed by atoms with Crippen LogP contribution in [-0.2, 0) is 12.7 Å². The van der Waals surface area contributed by atoms with Crippen LogP contribution < -0.4 is 0 Å². The Labute approximate surface area is 158 Å². The van der Waals surface area contributed by atoms with E-state index in [2.05, 4.69) is 10.1 Å². The van der Waals surface area contributed by atoms with Gasteiger partial charge in [-0.3, -0.25) is 9.78 Å². The summed E-state index contributed by atoms with van der Waals surface area (Å²) in [5, 5.41) is 3.75. The lowest BCUT2D eigenvalue weighted by Gasteiger charge is -2.18. The van der Waals surface area contributed by atoms with Gasteiger partial charge in [-0.2, -0.15) is 18.3 Å². The molecule has 0 aliphatic heterocycles. The minimum Gasteiger partial charge on any atom is -0.336 e. The molecule has 0 saturated carbocycles. The summed E-state index contributed by atoms with van der Waals surface area (Å²) in [5.74, 6) is -0.623. The van der Waals surface area contributed by atoms with Crippen molar-refractivity contribution in [2.24, 2.45) is 0 Å². The van der Waals surface area contributed by atoms with E-state index < -0.39 is 17.8 Å². The number of benzene rings is 1. The van der Waals surface area contributed by atoms with Gasteiger partial charge in [0.2, 0.25) is 0 Å². The van der Waals surface area contributed by atoms with Crippen molar-refractivity contribution in [3.63, 3.8) is 0 Å². The van der Waals surface area contributed by atoms with Gasteiger partial charge in [0.25, 0.3) is 5.91 Å². The van der Waals surface area contributed by atoms with Crippen LogP contribution in [0.5, 0.6) is 0 Å². The highest BCUT2D eigenvalue weighted by molar-refractivity contribution is 6.32. The van der Waals surface area contributed by atoms with E-state index in [-0.39, 0.29) is 22.9 Å². The quantitative estimate of drug-likeness (QED) is 0.666. The van der Waals surface area contributed by atoms with Gasteiger partial charge < -0.3 is 4.90 Å². The fraction of sp³-hybridized carbons (Fsp3) is 0.167. The lowest BCUT2D eigenvalue weighted by Crippen LogP contribution is -2.28. The summed E-state index contributed by atoms with van der Waals surface area (Å²) in [6, 6.07) is 10.4. The average molecular weight is 395 g/mol. The number of carbonyl (C=O) groups is 1. The fourth-order valence-electron chi connectivity index (χ4n) is 2.51.